The number of H-pyrrole nitrogens is 1. The Balaban J connectivity index is 1.63. The fraction of sp³-hybridized carbons (Fsp3) is 0.458. The van der Waals surface area contributed by atoms with Crippen LogP contribution in [0.25, 0.3) is 10.4 Å². The number of aryl methyl sites for hydroxylation is 1. The van der Waals surface area contributed by atoms with Crippen LogP contribution in [0, 0.1) is 6.92 Å². The van der Waals surface area contributed by atoms with Crippen LogP contribution in [-0.4, -0.2) is 41.3 Å². The van der Waals surface area contributed by atoms with Gasteiger partial charge in [-0.15, -0.1) is 11.3 Å². The van der Waals surface area contributed by atoms with Crippen LogP contribution in [0.5, 0.6) is 0 Å². The maximum Gasteiger partial charge on any atom is 0.404 e. The largest absolute Gasteiger partial charge is 0.446 e. The molecule has 10 nitrogen and oxygen atoms in total. The van der Waals surface area contributed by atoms with E-state index in [-0.39, 0.29) is 16.9 Å². The molecule has 2 heterocycles. The van der Waals surface area contributed by atoms with E-state index >= 15 is 0 Å². The molecule has 5 N–H and O–H groups in total. The first-order chi connectivity index (χ1) is 16.9. The van der Waals surface area contributed by atoms with Gasteiger partial charge in [0.1, 0.15) is 6.10 Å². The highest BCUT2D eigenvalue weighted by atomic mass is 32.2. The van der Waals surface area contributed by atoms with Crippen LogP contribution >= 0.6 is 11.3 Å². The van der Waals surface area contributed by atoms with E-state index < -0.39 is 21.7 Å². The number of aromatic amines is 1. The van der Waals surface area contributed by atoms with Crippen LogP contribution in [0.3, 0.4) is 0 Å². The molecule has 1 aliphatic rings. The number of sulfonamides is 1. The van der Waals surface area contributed by atoms with Crippen LogP contribution in [0.4, 0.5) is 16.3 Å². The molecule has 194 valence electrons. The molecule has 1 saturated carbocycles. The van der Waals surface area contributed by atoms with Crippen molar-refractivity contribution in [2.75, 3.05) is 5.32 Å². The molecule has 3 aromatic rings. The molecule has 1 aromatic carbocycles. The molecular weight excluding hydrogens is 500 g/mol. The van der Waals surface area contributed by atoms with Crippen molar-refractivity contribution < 1.29 is 17.9 Å². The van der Waals surface area contributed by atoms with E-state index in [1.54, 1.807) is 18.3 Å². The lowest BCUT2D eigenvalue weighted by molar-refractivity contribution is 0.0787. The van der Waals surface area contributed by atoms with E-state index in [9.17, 15) is 13.2 Å². The summed E-state index contributed by atoms with van der Waals surface area (Å²) >= 11 is 1.50. The molecule has 1 fully saturated rings. The van der Waals surface area contributed by atoms with Gasteiger partial charge in [-0.3, -0.25) is 5.10 Å². The van der Waals surface area contributed by atoms with Crippen molar-refractivity contribution in [1.29, 1.82) is 0 Å². The Morgan fingerprint density at radius 1 is 1.19 bits per heavy atom. The van der Waals surface area contributed by atoms with Crippen LogP contribution < -0.4 is 15.8 Å². The molecule has 4 rings (SSSR count). The lowest BCUT2D eigenvalue weighted by atomic mass is 9.88. The summed E-state index contributed by atoms with van der Waals surface area (Å²) in [5.41, 5.74) is 6.58. The minimum atomic E-state index is -3.84. The number of aromatic nitrogens is 3. The Kier molecular flexibility index (Phi) is 7.39. The van der Waals surface area contributed by atoms with Gasteiger partial charge in [0.25, 0.3) is 0 Å². The molecule has 0 saturated heterocycles. The van der Waals surface area contributed by atoms with Crippen molar-refractivity contribution in [3.05, 3.63) is 41.2 Å². The molecule has 0 atom stereocenters. The Morgan fingerprint density at radius 3 is 2.53 bits per heavy atom. The van der Waals surface area contributed by atoms with E-state index in [0.717, 1.165) is 41.3 Å². The number of benzene rings is 1. The normalized spacial score (nSPS) is 18.7. The third-order valence-corrected chi connectivity index (χ3v) is 8.78. The van der Waals surface area contributed by atoms with Crippen LogP contribution in [-0.2, 0) is 14.8 Å². The number of carbonyl (C=O) groups excluding carboxylic acids is 1. The van der Waals surface area contributed by atoms with Gasteiger partial charge in [0.2, 0.25) is 10.0 Å². The van der Waals surface area contributed by atoms with Gasteiger partial charge in [-0.05, 0) is 65.5 Å². The number of hydrogen-bond donors (Lipinski definition) is 4. The summed E-state index contributed by atoms with van der Waals surface area (Å²) in [7, 11) is -3.84. The fourth-order valence-corrected chi connectivity index (χ4v) is 7.16. The van der Waals surface area contributed by atoms with Crippen molar-refractivity contribution in [1.82, 2.24) is 19.9 Å². The molecule has 0 unspecified atom stereocenters. The van der Waals surface area contributed by atoms with Gasteiger partial charge in [-0.1, -0.05) is 6.07 Å². The summed E-state index contributed by atoms with van der Waals surface area (Å²) in [6.07, 6.45) is 3.95. The number of nitrogens with two attached hydrogens (primary N) is 1. The molecule has 0 radical (unpaired) electrons. The second-order valence-corrected chi connectivity index (χ2v) is 12.8. The molecule has 0 bridgehead atoms. The van der Waals surface area contributed by atoms with Crippen molar-refractivity contribution >= 4 is 39.0 Å². The average molecular weight is 533 g/mol. The third-order valence-electron chi connectivity index (χ3n) is 5.79. The van der Waals surface area contributed by atoms with Crippen LogP contribution in [0.15, 0.2) is 35.4 Å². The number of carbonyl (C=O) groups is 1. The fourth-order valence-electron chi connectivity index (χ4n) is 4.31. The maximum atomic E-state index is 13.5. The second-order valence-electron chi connectivity index (χ2n) is 10.1. The second kappa shape index (κ2) is 10.2. The number of thiazole rings is 1. The van der Waals surface area contributed by atoms with E-state index in [4.69, 9.17) is 10.5 Å². The highest BCUT2D eigenvalue weighted by Crippen LogP contribution is 2.40. The SMILES string of the molecule is Cc1cc(Nc2ccc(-c3cnc(C4CCC(OC(N)=O)CC4)s3)c(S(=O)(=O)NC(C)(C)C)c2)n[nH]1. The number of nitrogens with one attached hydrogen (secondary N) is 3. The van der Waals surface area contributed by atoms with Crippen molar-refractivity contribution in [2.45, 2.75) is 75.8 Å². The topological polar surface area (TPSA) is 152 Å². The molecule has 1 aliphatic carbocycles. The van der Waals surface area contributed by atoms with Crippen LogP contribution in [0.2, 0.25) is 0 Å². The van der Waals surface area contributed by atoms with Gasteiger partial charge in [0, 0.05) is 40.7 Å². The number of nitrogens with zero attached hydrogens (tertiary/aromatic N) is 2. The lowest BCUT2D eigenvalue weighted by Gasteiger charge is -2.26. The number of amides is 1. The third kappa shape index (κ3) is 6.42. The summed E-state index contributed by atoms with van der Waals surface area (Å²) in [4.78, 5) is 16.6. The molecule has 0 aliphatic heterocycles. The number of rotatable bonds is 7. The molecule has 12 heteroatoms. The van der Waals surface area contributed by atoms with E-state index in [1.807, 2.05) is 39.8 Å². The molecule has 2 aromatic heterocycles. The minimum absolute atomic E-state index is 0.156. The van der Waals surface area contributed by atoms with Gasteiger partial charge in [0.05, 0.1) is 14.8 Å². The zero-order valence-corrected chi connectivity index (χ0v) is 22.4. The Hall–Kier alpha value is -2.96. The summed E-state index contributed by atoms with van der Waals surface area (Å²) in [6, 6.07) is 7.10. The number of anilines is 2. The highest BCUT2D eigenvalue weighted by Gasteiger charge is 2.29. The Bertz CT molecular complexity index is 1330. The van der Waals surface area contributed by atoms with Gasteiger partial charge in [-0.2, -0.15) is 5.10 Å². The van der Waals surface area contributed by atoms with Crippen molar-refractivity contribution in [3.8, 4) is 10.4 Å². The van der Waals surface area contributed by atoms with Gasteiger partial charge < -0.3 is 15.8 Å². The smallest absolute Gasteiger partial charge is 0.404 e. The van der Waals surface area contributed by atoms with E-state index in [0.29, 0.717) is 17.1 Å². The first kappa shape index (κ1) is 26.1. The lowest BCUT2D eigenvalue weighted by Crippen LogP contribution is -2.40. The Labute approximate surface area is 215 Å². The average Bonchev–Trinajstić information content (AvgIpc) is 3.41. The molecule has 0 spiro atoms. The summed E-state index contributed by atoms with van der Waals surface area (Å²) < 4.78 is 34.8. The van der Waals surface area contributed by atoms with Gasteiger partial charge in [-0.25, -0.2) is 22.9 Å². The first-order valence-corrected chi connectivity index (χ1v) is 14.1. The standard InChI is InChI=1S/C24H32N6O4S2/c1-14-11-21(29-28-14)27-16-7-10-18(20(12-16)36(32,33)30-24(2,3)4)19-13-26-22(35-19)15-5-8-17(9-6-15)34-23(25)31/h7,10-13,15,17,30H,5-6,8-9H2,1-4H3,(H2,25,31)(H2,27,28,29). The van der Waals surface area contributed by atoms with Crippen molar-refractivity contribution in [3.63, 3.8) is 0 Å². The van der Waals surface area contributed by atoms with Crippen LogP contribution in [0.1, 0.15) is 63.1 Å². The summed E-state index contributed by atoms with van der Waals surface area (Å²) in [6.45, 7) is 7.31. The summed E-state index contributed by atoms with van der Waals surface area (Å²) in [5.74, 6) is 0.830. The maximum absolute atomic E-state index is 13.5. The molecule has 1 amide bonds. The highest BCUT2D eigenvalue weighted by molar-refractivity contribution is 7.89. The quantitative estimate of drug-likeness (QED) is 0.341. The molecule has 36 heavy (non-hydrogen) atoms. The van der Waals surface area contributed by atoms with Gasteiger partial charge in [0.15, 0.2) is 5.82 Å². The summed E-state index contributed by atoms with van der Waals surface area (Å²) in [5, 5.41) is 11.2. The minimum Gasteiger partial charge on any atom is -0.446 e. The zero-order chi connectivity index (χ0) is 26.1. The van der Waals surface area contributed by atoms with E-state index in [1.165, 1.54) is 11.3 Å². The predicted octanol–water partition coefficient (Wildman–Crippen LogP) is 4.78. The zero-order valence-electron chi connectivity index (χ0n) is 20.8. The van der Waals surface area contributed by atoms with Crippen molar-refractivity contribution in [2.24, 2.45) is 5.73 Å². The number of ether oxygens (including phenoxy) is 1. The first-order valence-electron chi connectivity index (χ1n) is 11.8. The molecular formula is C24H32N6O4S2. The number of primary amides is 1. The number of hydrogen-bond acceptors (Lipinski definition) is 8. The Morgan fingerprint density at radius 2 is 1.92 bits per heavy atom. The van der Waals surface area contributed by atoms with E-state index in [2.05, 4.69) is 25.2 Å². The predicted molar refractivity (Wildman–Crippen MR) is 140 cm³/mol. The monoisotopic (exact) mass is 532 g/mol. The van der Waals surface area contributed by atoms with Gasteiger partial charge >= 0.3 is 6.09 Å².